The Hall–Kier alpha value is -1.64. The number of aliphatic hydroxyl groups is 1. The fourth-order valence-electron chi connectivity index (χ4n) is 4.39. The van der Waals surface area contributed by atoms with E-state index in [9.17, 15) is 9.90 Å². The Kier molecular flexibility index (Phi) is 8.92. The quantitative estimate of drug-likeness (QED) is 0.687. The summed E-state index contributed by atoms with van der Waals surface area (Å²) in [6.07, 6.45) is 1.69. The standard InChI is InChI=1S/C21H26ClN5O2.2ClH/c1-13-10-17(28)19-18(13)20(25-12-24-19)26-6-8-27(9-7-26)21(29)16(11-23)14-2-4-15(22)5-3-14;;/h2-5,12-13,16-17,28H,6-11,23H2,1H3;2*1H/t13-,16-,17-;;/m1../s1. The Morgan fingerprint density at radius 1 is 1.19 bits per heavy atom. The van der Waals surface area contributed by atoms with Crippen LogP contribution in [0.15, 0.2) is 30.6 Å². The molecule has 1 saturated heterocycles. The van der Waals surface area contributed by atoms with E-state index in [4.69, 9.17) is 17.3 Å². The molecule has 0 spiro atoms. The number of hydrogen-bond acceptors (Lipinski definition) is 6. The van der Waals surface area contributed by atoms with Gasteiger partial charge in [0.25, 0.3) is 0 Å². The summed E-state index contributed by atoms with van der Waals surface area (Å²) in [6.45, 7) is 4.96. The van der Waals surface area contributed by atoms with Crippen molar-refractivity contribution >= 4 is 48.1 Å². The molecule has 0 radical (unpaired) electrons. The molecule has 1 aromatic carbocycles. The van der Waals surface area contributed by atoms with Crippen molar-refractivity contribution in [2.45, 2.75) is 31.3 Å². The molecule has 2 heterocycles. The van der Waals surface area contributed by atoms with Crippen LogP contribution in [0.2, 0.25) is 5.02 Å². The van der Waals surface area contributed by atoms with Gasteiger partial charge in [0.05, 0.1) is 17.7 Å². The zero-order valence-corrected chi connectivity index (χ0v) is 19.7. The summed E-state index contributed by atoms with van der Waals surface area (Å²) in [5.41, 5.74) is 8.60. The molecule has 2 aromatic rings. The number of aliphatic hydroxyl groups excluding tert-OH is 1. The van der Waals surface area contributed by atoms with Crippen molar-refractivity contribution in [2.24, 2.45) is 5.73 Å². The van der Waals surface area contributed by atoms with Crippen LogP contribution in [-0.2, 0) is 4.79 Å². The third kappa shape index (κ3) is 5.07. The lowest BCUT2D eigenvalue weighted by atomic mass is 9.97. The van der Waals surface area contributed by atoms with E-state index in [1.807, 2.05) is 17.0 Å². The van der Waals surface area contributed by atoms with Gasteiger partial charge in [0.15, 0.2) is 0 Å². The van der Waals surface area contributed by atoms with Crippen molar-refractivity contribution < 1.29 is 9.90 Å². The fraction of sp³-hybridized carbons (Fsp3) is 0.476. The SMILES string of the molecule is C[C@@H]1C[C@@H](O)c2ncnc(N3CCN(C(=O)[C@H](CN)c4ccc(Cl)cc4)CC3)c21.Cl.Cl. The smallest absolute Gasteiger partial charge is 0.231 e. The van der Waals surface area contributed by atoms with Gasteiger partial charge in [-0.05, 0) is 30.0 Å². The van der Waals surface area contributed by atoms with E-state index in [0.717, 1.165) is 22.6 Å². The van der Waals surface area contributed by atoms with Gasteiger partial charge >= 0.3 is 0 Å². The van der Waals surface area contributed by atoms with Gasteiger partial charge in [-0.25, -0.2) is 9.97 Å². The molecule has 1 aliphatic carbocycles. The van der Waals surface area contributed by atoms with Crippen LogP contribution < -0.4 is 10.6 Å². The minimum Gasteiger partial charge on any atom is -0.387 e. The number of nitrogens with two attached hydrogens (primary N) is 1. The summed E-state index contributed by atoms with van der Waals surface area (Å²) < 4.78 is 0. The summed E-state index contributed by atoms with van der Waals surface area (Å²) in [5.74, 6) is 0.796. The van der Waals surface area contributed by atoms with Crippen LogP contribution in [-0.4, -0.2) is 58.6 Å². The van der Waals surface area contributed by atoms with Gasteiger partial charge in [0.1, 0.15) is 12.1 Å². The topological polar surface area (TPSA) is 95.6 Å². The molecule has 3 N–H and O–H groups in total. The van der Waals surface area contributed by atoms with Crippen LogP contribution in [0, 0.1) is 0 Å². The van der Waals surface area contributed by atoms with E-state index in [1.54, 1.807) is 12.1 Å². The number of halogens is 3. The number of carbonyl (C=O) groups is 1. The maximum atomic E-state index is 13.1. The summed E-state index contributed by atoms with van der Waals surface area (Å²) in [7, 11) is 0. The Morgan fingerprint density at radius 2 is 1.84 bits per heavy atom. The molecule has 10 heteroatoms. The zero-order valence-electron chi connectivity index (χ0n) is 17.3. The molecule has 1 aliphatic heterocycles. The first-order valence-electron chi connectivity index (χ1n) is 10.0. The molecule has 3 atom stereocenters. The monoisotopic (exact) mass is 487 g/mol. The number of benzene rings is 1. The second kappa shape index (κ2) is 10.8. The second-order valence-electron chi connectivity index (χ2n) is 7.80. The van der Waals surface area contributed by atoms with E-state index in [-0.39, 0.29) is 49.1 Å². The van der Waals surface area contributed by atoms with Crippen LogP contribution in [0.4, 0.5) is 5.82 Å². The third-order valence-electron chi connectivity index (χ3n) is 5.98. The maximum absolute atomic E-state index is 13.1. The molecule has 0 unspecified atom stereocenters. The number of aromatic nitrogens is 2. The predicted molar refractivity (Wildman–Crippen MR) is 127 cm³/mol. The maximum Gasteiger partial charge on any atom is 0.231 e. The molecule has 2 aliphatic rings. The highest BCUT2D eigenvalue weighted by molar-refractivity contribution is 6.30. The lowest BCUT2D eigenvalue weighted by molar-refractivity contribution is -0.132. The van der Waals surface area contributed by atoms with Crippen LogP contribution in [0.1, 0.15) is 48.1 Å². The Bertz CT molecular complexity index is 891. The predicted octanol–water partition coefficient (Wildman–Crippen LogP) is 2.91. The molecule has 1 fully saturated rings. The van der Waals surface area contributed by atoms with E-state index in [1.165, 1.54) is 6.33 Å². The largest absolute Gasteiger partial charge is 0.387 e. The van der Waals surface area contributed by atoms with Gasteiger partial charge in [-0.1, -0.05) is 30.7 Å². The summed E-state index contributed by atoms with van der Waals surface area (Å²) in [6, 6.07) is 7.31. The number of fused-ring (bicyclic) bond motifs is 1. The van der Waals surface area contributed by atoms with Gasteiger partial charge in [0, 0.05) is 43.3 Å². The van der Waals surface area contributed by atoms with Gasteiger partial charge in [-0.3, -0.25) is 4.79 Å². The van der Waals surface area contributed by atoms with E-state index >= 15 is 0 Å². The molecule has 170 valence electrons. The molecular weight excluding hydrogens is 461 g/mol. The zero-order chi connectivity index (χ0) is 20.5. The molecule has 4 rings (SSSR count). The minimum absolute atomic E-state index is 0. The second-order valence-corrected chi connectivity index (χ2v) is 8.24. The highest BCUT2D eigenvalue weighted by atomic mass is 35.5. The minimum atomic E-state index is -0.519. The van der Waals surface area contributed by atoms with Crippen LogP contribution in [0.25, 0.3) is 0 Å². The Labute approximate surface area is 199 Å². The average molecular weight is 489 g/mol. The molecule has 1 aromatic heterocycles. The van der Waals surface area contributed by atoms with Gasteiger partial charge in [0.2, 0.25) is 5.91 Å². The Balaban J connectivity index is 0.00000171. The van der Waals surface area contributed by atoms with Crippen molar-refractivity contribution in [1.82, 2.24) is 14.9 Å². The van der Waals surface area contributed by atoms with Crippen LogP contribution >= 0.6 is 36.4 Å². The van der Waals surface area contributed by atoms with E-state index < -0.39 is 6.10 Å². The average Bonchev–Trinajstić information content (AvgIpc) is 3.04. The van der Waals surface area contributed by atoms with Crippen LogP contribution in [0.5, 0.6) is 0 Å². The number of rotatable bonds is 4. The third-order valence-corrected chi connectivity index (χ3v) is 6.23. The van der Waals surface area contributed by atoms with E-state index in [0.29, 0.717) is 37.6 Å². The molecule has 1 amide bonds. The van der Waals surface area contributed by atoms with Gasteiger partial charge < -0.3 is 20.6 Å². The molecule has 31 heavy (non-hydrogen) atoms. The van der Waals surface area contributed by atoms with E-state index in [2.05, 4.69) is 21.8 Å². The number of hydrogen-bond donors (Lipinski definition) is 2. The van der Waals surface area contributed by atoms with Crippen molar-refractivity contribution in [2.75, 3.05) is 37.6 Å². The first kappa shape index (κ1) is 25.6. The highest BCUT2D eigenvalue weighted by Gasteiger charge is 2.34. The van der Waals surface area contributed by atoms with Gasteiger partial charge in [-0.15, -0.1) is 24.8 Å². The van der Waals surface area contributed by atoms with Crippen molar-refractivity contribution in [3.63, 3.8) is 0 Å². The molecular formula is C21H28Cl3N5O2. The number of anilines is 1. The van der Waals surface area contributed by atoms with Crippen molar-refractivity contribution in [1.29, 1.82) is 0 Å². The summed E-state index contributed by atoms with van der Waals surface area (Å²) >= 11 is 5.96. The number of nitrogens with zero attached hydrogens (tertiary/aromatic N) is 4. The summed E-state index contributed by atoms with van der Waals surface area (Å²) in [4.78, 5) is 25.9. The molecule has 0 saturated carbocycles. The molecule has 7 nitrogen and oxygen atoms in total. The first-order chi connectivity index (χ1) is 14.0. The van der Waals surface area contributed by atoms with Crippen LogP contribution in [0.3, 0.4) is 0 Å². The highest BCUT2D eigenvalue weighted by Crippen LogP contribution is 2.42. The first-order valence-corrected chi connectivity index (χ1v) is 10.4. The lowest BCUT2D eigenvalue weighted by Gasteiger charge is -2.37. The number of amides is 1. The fourth-order valence-corrected chi connectivity index (χ4v) is 4.51. The normalized spacial score (nSPS) is 21.0. The summed E-state index contributed by atoms with van der Waals surface area (Å²) in [5, 5.41) is 10.9. The number of piperazine rings is 1. The molecule has 0 bridgehead atoms. The van der Waals surface area contributed by atoms with Crippen molar-refractivity contribution in [3.8, 4) is 0 Å². The number of carbonyl (C=O) groups excluding carboxylic acids is 1. The Morgan fingerprint density at radius 3 is 2.45 bits per heavy atom. The lowest BCUT2D eigenvalue weighted by Crippen LogP contribution is -2.51. The van der Waals surface area contributed by atoms with Gasteiger partial charge in [-0.2, -0.15) is 0 Å². The van der Waals surface area contributed by atoms with Crippen molar-refractivity contribution in [3.05, 3.63) is 52.4 Å².